The van der Waals surface area contributed by atoms with Gasteiger partial charge in [-0.2, -0.15) is 0 Å². The van der Waals surface area contributed by atoms with Crippen LogP contribution in [0.5, 0.6) is 0 Å². The SMILES string of the molecule is I.c1coc(CCNC(=NCC2CCCO2)N2CCC(OCC3CCCCO3)CC2)c1. The second kappa shape index (κ2) is 13.6. The Balaban J connectivity index is 0.00000272. The third kappa shape index (κ3) is 8.22. The maximum atomic E-state index is 6.18. The van der Waals surface area contributed by atoms with Crippen LogP contribution in [0.25, 0.3) is 0 Å². The molecule has 0 amide bonds. The quantitative estimate of drug-likeness (QED) is 0.305. The Morgan fingerprint density at radius 1 is 1.06 bits per heavy atom. The van der Waals surface area contributed by atoms with Gasteiger partial charge in [0.15, 0.2) is 5.96 Å². The van der Waals surface area contributed by atoms with E-state index in [4.69, 9.17) is 23.6 Å². The van der Waals surface area contributed by atoms with Crippen molar-refractivity contribution in [1.29, 1.82) is 0 Å². The Labute approximate surface area is 203 Å². The van der Waals surface area contributed by atoms with E-state index in [-0.39, 0.29) is 30.1 Å². The molecular weight excluding hydrogens is 509 g/mol. The first-order chi connectivity index (χ1) is 14.9. The van der Waals surface area contributed by atoms with E-state index in [1.165, 1.54) is 12.8 Å². The van der Waals surface area contributed by atoms with Crippen molar-refractivity contribution in [3.8, 4) is 0 Å². The minimum atomic E-state index is 0. The molecule has 0 aliphatic carbocycles. The Kier molecular flexibility index (Phi) is 10.9. The highest BCUT2D eigenvalue weighted by Gasteiger charge is 2.24. The first kappa shape index (κ1) is 24.8. The lowest BCUT2D eigenvalue weighted by atomic mass is 10.1. The van der Waals surface area contributed by atoms with Crippen molar-refractivity contribution in [3.63, 3.8) is 0 Å². The summed E-state index contributed by atoms with van der Waals surface area (Å²) in [4.78, 5) is 7.28. The van der Waals surface area contributed by atoms with Crippen LogP contribution in [0.15, 0.2) is 27.8 Å². The summed E-state index contributed by atoms with van der Waals surface area (Å²) < 4.78 is 23.2. The summed E-state index contributed by atoms with van der Waals surface area (Å²) in [6.45, 7) is 5.98. The number of ether oxygens (including phenoxy) is 3. The predicted molar refractivity (Wildman–Crippen MR) is 131 cm³/mol. The Morgan fingerprint density at radius 2 is 1.87 bits per heavy atom. The number of guanidine groups is 1. The van der Waals surface area contributed by atoms with Gasteiger partial charge in [0.05, 0.1) is 37.7 Å². The molecule has 8 heteroatoms. The molecule has 3 fully saturated rings. The van der Waals surface area contributed by atoms with Gasteiger partial charge in [0.1, 0.15) is 5.76 Å². The molecule has 3 saturated heterocycles. The molecule has 0 aromatic carbocycles. The molecule has 4 rings (SSSR count). The minimum Gasteiger partial charge on any atom is -0.469 e. The van der Waals surface area contributed by atoms with Crippen LogP contribution in [-0.4, -0.2) is 75.2 Å². The van der Waals surface area contributed by atoms with E-state index in [0.29, 0.717) is 12.2 Å². The van der Waals surface area contributed by atoms with E-state index < -0.39 is 0 Å². The van der Waals surface area contributed by atoms with Crippen LogP contribution in [0.1, 0.15) is 50.7 Å². The Hall–Kier alpha value is -0.840. The van der Waals surface area contributed by atoms with Gasteiger partial charge in [-0.1, -0.05) is 0 Å². The predicted octanol–water partition coefficient (Wildman–Crippen LogP) is 3.61. The number of piperidine rings is 1. The summed E-state index contributed by atoms with van der Waals surface area (Å²) in [5.41, 5.74) is 0. The van der Waals surface area contributed by atoms with Gasteiger partial charge in [-0.3, -0.25) is 4.99 Å². The van der Waals surface area contributed by atoms with Crippen LogP contribution >= 0.6 is 24.0 Å². The standard InChI is InChI=1S/C23H37N3O4.HI/c1-2-14-29-22(5-1)18-30-20-9-12-26(13-10-20)23(25-17-21-7-4-16-28-21)24-11-8-19-6-3-15-27-19;/h3,6,15,20-22H,1-2,4-5,7-14,16-18H2,(H,24,25);1H. The van der Waals surface area contributed by atoms with Crippen molar-refractivity contribution in [3.05, 3.63) is 24.2 Å². The Morgan fingerprint density at radius 3 is 2.58 bits per heavy atom. The smallest absolute Gasteiger partial charge is 0.194 e. The third-order valence-corrected chi connectivity index (χ3v) is 6.24. The first-order valence-corrected chi connectivity index (χ1v) is 11.8. The van der Waals surface area contributed by atoms with Crippen molar-refractivity contribution in [1.82, 2.24) is 10.2 Å². The number of hydrogen-bond donors (Lipinski definition) is 1. The molecule has 0 radical (unpaired) electrons. The molecule has 7 nitrogen and oxygen atoms in total. The molecule has 3 aliphatic heterocycles. The lowest BCUT2D eigenvalue weighted by Crippen LogP contribution is -2.48. The van der Waals surface area contributed by atoms with Crippen LogP contribution in [0.2, 0.25) is 0 Å². The summed E-state index contributed by atoms with van der Waals surface area (Å²) in [6.07, 6.45) is 11.4. The molecular formula is C23H38IN3O4. The summed E-state index contributed by atoms with van der Waals surface area (Å²) in [6, 6.07) is 3.95. The lowest BCUT2D eigenvalue weighted by Gasteiger charge is -2.35. The van der Waals surface area contributed by atoms with Crippen molar-refractivity contribution in [2.45, 2.75) is 69.7 Å². The van der Waals surface area contributed by atoms with Gasteiger partial charge >= 0.3 is 0 Å². The van der Waals surface area contributed by atoms with Crippen molar-refractivity contribution < 1.29 is 18.6 Å². The number of halogens is 1. The van der Waals surface area contributed by atoms with Crippen LogP contribution in [0.4, 0.5) is 0 Å². The summed E-state index contributed by atoms with van der Waals surface area (Å²) >= 11 is 0. The zero-order valence-electron chi connectivity index (χ0n) is 18.5. The second-order valence-corrected chi connectivity index (χ2v) is 8.56. The van der Waals surface area contributed by atoms with Crippen molar-refractivity contribution in [2.75, 3.05) is 46.0 Å². The highest BCUT2D eigenvalue weighted by atomic mass is 127. The van der Waals surface area contributed by atoms with Gasteiger partial charge < -0.3 is 28.8 Å². The first-order valence-electron chi connectivity index (χ1n) is 11.8. The monoisotopic (exact) mass is 547 g/mol. The van der Waals surface area contributed by atoms with Gasteiger partial charge in [-0.25, -0.2) is 0 Å². The molecule has 176 valence electrons. The zero-order chi connectivity index (χ0) is 20.4. The van der Waals surface area contributed by atoms with Crippen molar-refractivity contribution >= 4 is 29.9 Å². The average molecular weight is 547 g/mol. The molecule has 2 unspecified atom stereocenters. The molecule has 2 atom stereocenters. The molecule has 0 bridgehead atoms. The average Bonchev–Trinajstić information content (AvgIpc) is 3.50. The van der Waals surface area contributed by atoms with Gasteiger partial charge in [0, 0.05) is 39.3 Å². The van der Waals surface area contributed by atoms with Crippen LogP contribution in [0.3, 0.4) is 0 Å². The van der Waals surface area contributed by atoms with Gasteiger partial charge in [-0.05, 0) is 57.1 Å². The molecule has 1 aromatic heterocycles. The molecule has 1 aromatic rings. The van der Waals surface area contributed by atoms with Crippen LogP contribution < -0.4 is 5.32 Å². The summed E-state index contributed by atoms with van der Waals surface area (Å²) in [7, 11) is 0. The fourth-order valence-electron chi connectivity index (χ4n) is 4.41. The molecule has 3 aliphatic rings. The molecule has 4 heterocycles. The normalized spacial score (nSPS) is 25.4. The fraction of sp³-hybridized carbons (Fsp3) is 0.783. The van der Waals surface area contributed by atoms with E-state index in [2.05, 4.69) is 10.2 Å². The minimum absolute atomic E-state index is 0. The van der Waals surface area contributed by atoms with E-state index >= 15 is 0 Å². The van der Waals surface area contributed by atoms with E-state index in [9.17, 15) is 0 Å². The number of rotatable bonds is 8. The number of aliphatic imine (C=N–C) groups is 1. The molecule has 31 heavy (non-hydrogen) atoms. The highest BCUT2D eigenvalue weighted by molar-refractivity contribution is 14.0. The number of likely N-dealkylation sites (tertiary alicyclic amines) is 1. The lowest BCUT2D eigenvalue weighted by molar-refractivity contribution is -0.0721. The molecule has 1 N–H and O–H groups in total. The Bertz CT molecular complexity index is 623. The molecule has 0 saturated carbocycles. The zero-order valence-corrected chi connectivity index (χ0v) is 20.8. The highest BCUT2D eigenvalue weighted by Crippen LogP contribution is 2.18. The van der Waals surface area contributed by atoms with E-state index in [1.807, 2.05) is 12.1 Å². The third-order valence-electron chi connectivity index (χ3n) is 6.24. The van der Waals surface area contributed by atoms with Crippen molar-refractivity contribution in [2.24, 2.45) is 4.99 Å². The molecule has 0 spiro atoms. The van der Waals surface area contributed by atoms with Crippen LogP contribution in [0, 0.1) is 0 Å². The maximum absolute atomic E-state index is 6.18. The van der Waals surface area contributed by atoms with Gasteiger partial charge in [0.25, 0.3) is 0 Å². The summed E-state index contributed by atoms with van der Waals surface area (Å²) in [5, 5.41) is 3.55. The number of hydrogen-bond acceptors (Lipinski definition) is 5. The van der Waals surface area contributed by atoms with Gasteiger partial charge in [-0.15, -0.1) is 24.0 Å². The second-order valence-electron chi connectivity index (χ2n) is 8.56. The largest absolute Gasteiger partial charge is 0.469 e. The number of nitrogens with one attached hydrogen (secondary N) is 1. The fourth-order valence-corrected chi connectivity index (χ4v) is 4.41. The van der Waals surface area contributed by atoms with E-state index in [0.717, 1.165) is 96.2 Å². The van der Waals surface area contributed by atoms with E-state index in [1.54, 1.807) is 6.26 Å². The topological polar surface area (TPSA) is 68.5 Å². The number of nitrogens with zero attached hydrogens (tertiary/aromatic N) is 2. The van der Waals surface area contributed by atoms with Crippen LogP contribution in [-0.2, 0) is 20.6 Å². The summed E-state index contributed by atoms with van der Waals surface area (Å²) in [5.74, 6) is 1.99. The maximum Gasteiger partial charge on any atom is 0.194 e. The number of furan rings is 1. The van der Waals surface area contributed by atoms with Gasteiger partial charge in [0.2, 0.25) is 0 Å².